The Morgan fingerprint density at radius 2 is 1.93 bits per heavy atom. The summed E-state index contributed by atoms with van der Waals surface area (Å²) in [4.78, 5) is 13.1. The molecule has 1 aromatic heterocycles. The Kier molecular flexibility index (Phi) is 5.42. The molecule has 156 valence electrons. The first-order valence-electron chi connectivity index (χ1n) is 9.27. The average molecular weight is 433 g/mol. The number of amides is 1. The van der Waals surface area contributed by atoms with E-state index in [1.54, 1.807) is 4.68 Å². The molecule has 2 heterocycles. The fourth-order valence-corrected chi connectivity index (χ4v) is 4.32. The minimum absolute atomic E-state index is 0.0866. The molecule has 4 rings (SSSR count). The van der Waals surface area contributed by atoms with E-state index in [0.29, 0.717) is 11.6 Å². The van der Waals surface area contributed by atoms with Gasteiger partial charge in [-0.15, -0.1) is 10.2 Å². The molecular weight excluding hydrogens is 415 g/mol. The third-order valence-electron chi connectivity index (χ3n) is 4.69. The van der Waals surface area contributed by atoms with E-state index in [1.165, 1.54) is 23.9 Å². The zero-order valence-corrected chi connectivity index (χ0v) is 16.7. The molecule has 0 unspecified atom stereocenters. The van der Waals surface area contributed by atoms with Gasteiger partial charge in [0.1, 0.15) is 5.25 Å². The number of halogens is 3. The van der Waals surface area contributed by atoms with Gasteiger partial charge < -0.3 is 10.7 Å². The highest BCUT2D eigenvalue weighted by molar-refractivity contribution is 8.00. The van der Waals surface area contributed by atoms with Crippen molar-refractivity contribution >= 4 is 23.4 Å². The van der Waals surface area contributed by atoms with Gasteiger partial charge in [0.25, 0.3) is 0 Å². The van der Waals surface area contributed by atoms with Gasteiger partial charge in [-0.2, -0.15) is 13.2 Å². The minimum Gasteiger partial charge on any atom is -0.325 e. The van der Waals surface area contributed by atoms with Crippen LogP contribution in [0, 0.1) is 0 Å². The van der Waals surface area contributed by atoms with Crippen molar-refractivity contribution in [1.29, 1.82) is 0 Å². The molecule has 10 heteroatoms. The van der Waals surface area contributed by atoms with E-state index in [-0.39, 0.29) is 5.69 Å². The number of fused-ring (bicyclic) bond motifs is 1. The first-order chi connectivity index (χ1) is 14.4. The monoisotopic (exact) mass is 433 g/mol. The van der Waals surface area contributed by atoms with E-state index < -0.39 is 28.9 Å². The number of aryl methyl sites for hydroxylation is 1. The number of rotatable bonds is 4. The second-order valence-electron chi connectivity index (χ2n) is 6.71. The normalized spacial score (nSPS) is 18.4. The average Bonchev–Trinajstić information content (AvgIpc) is 3.15. The second kappa shape index (κ2) is 8.02. The summed E-state index contributed by atoms with van der Waals surface area (Å²) in [5.74, 6) is 0.308. The zero-order valence-electron chi connectivity index (χ0n) is 15.8. The Hall–Kier alpha value is -3.01. The number of alkyl halides is 3. The SMILES string of the molecule is CCc1nnc2n1N[C@@H](c1ccccc1)[C@H](C(=O)Nc1cccc(C(F)(F)F)c1)S2. The Balaban J connectivity index is 1.64. The van der Waals surface area contributed by atoms with Crippen LogP contribution in [0.5, 0.6) is 0 Å². The number of aromatic nitrogens is 3. The standard InChI is InChI=1S/C20H18F3N5OS/c1-2-15-25-26-19-28(15)27-16(12-7-4-3-5-8-12)17(30-19)18(29)24-14-10-6-9-13(11-14)20(21,22)23/h3-11,16-17,27H,2H2,1H3,(H,24,29)/t16-,17+/m0/s1. The van der Waals surface area contributed by atoms with Crippen LogP contribution in [-0.2, 0) is 17.4 Å². The van der Waals surface area contributed by atoms with Crippen LogP contribution >= 0.6 is 11.8 Å². The first kappa shape index (κ1) is 20.3. The third kappa shape index (κ3) is 4.00. The molecule has 30 heavy (non-hydrogen) atoms. The van der Waals surface area contributed by atoms with Gasteiger partial charge in [0.05, 0.1) is 11.6 Å². The molecule has 1 amide bonds. The van der Waals surface area contributed by atoms with E-state index in [4.69, 9.17) is 0 Å². The van der Waals surface area contributed by atoms with Crippen molar-refractivity contribution < 1.29 is 18.0 Å². The molecule has 6 nitrogen and oxygen atoms in total. The largest absolute Gasteiger partial charge is 0.416 e. The van der Waals surface area contributed by atoms with Gasteiger partial charge in [-0.3, -0.25) is 4.79 Å². The lowest BCUT2D eigenvalue weighted by atomic mass is 10.0. The van der Waals surface area contributed by atoms with Crippen molar-refractivity contribution in [3.63, 3.8) is 0 Å². The molecule has 0 fully saturated rings. The van der Waals surface area contributed by atoms with Gasteiger partial charge in [0.15, 0.2) is 5.82 Å². The van der Waals surface area contributed by atoms with Crippen LogP contribution < -0.4 is 10.7 Å². The number of carbonyl (C=O) groups excluding carboxylic acids is 1. The highest BCUT2D eigenvalue weighted by Gasteiger charge is 2.38. The van der Waals surface area contributed by atoms with E-state index in [0.717, 1.165) is 23.5 Å². The molecule has 0 saturated heterocycles. The maximum absolute atomic E-state index is 13.1. The van der Waals surface area contributed by atoms with Crippen molar-refractivity contribution in [3.05, 3.63) is 71.5 Å². The number of thioether (sulfide) groups is 1. The van der Waals surface area contributed by atoms with Crippen LogP contribution in [0.25, 0.3) is 0 Å². The summed E-state index contributed by atoms with van der Waals surface area (Å²) in [6.45, 7) is 1.95. The summed E-state index contributed by atoms with van der Waals surface area (Å²) in [6, 6.07) is 13.6. The molecule has 1 aliphatic heterocycles. The van der Waals surface area contributed by atoms with Crippen LogP contribution in [0.1, 0.15) is 29.9 Å². The maximum atomic E-state index is 13.1. The number of hydrogen-bond acceptors (Lipinski definition) is 5. The minimum atomic E-state index is -4.48. The lowest BCUT2D eigenvalue weighted by Gasteiger charge is -2.33. The van der Waals surface area contributed by atoms with Gasteiger partial charge in [-0.1, -0.05) is 55.1 Å². The molecular formula is C20H18F3N5OS. The Morgan fingerprint density at radius 3 is 2.63 bits per heavy atom. The van der Waals surface area contributed by atoms with Gasteiger partial charge in [-0.05, 0) is 23.8 Å². The van der Waals surface area contributed by atoms with Crippen molar-refractivity contribution in [2.45, 2.75) is 36.0 Å². The predicted molar refractivity (Wildman–Crippen MR) is 108 cm³/mol. The van der Waals surface area contributed by atoms with E-state index >= 15 is 0 Å². The van der Waals surface area contributed by atoms with Crippen molar-refractivity contribution in [2.24, 2.45) is 0 Å². The van der Waals surface area contributed by atoms with Crippen LogP contribution in [0.2, 0.25) is 0 Å². The summed E-state index contributed by atoms with van der Waals surface area (Å²) >= 11 is 1.23. The predicted octanol–water partition coefficient (Wildman–Crippen LogP) is 4.26. The molecule has 0 saturated carbocycles. The van der Waals surface area contributed by atoms with Crippen molar-refractivity contribution in [1.82, 2.24) is 14.9 Å². The number of nitrogens with zero attached hydrogens (tertiary/aromatic N) is 3. The highest BCUT2D eigenvalue weighted by atomic mass is 32.2. The van der Waals surface area contributed by atoms with E-state index in [1.807, 2.05) is 37.3 Å². The van der Waals surface area contributed by atoms with Gasteiger partial charge >= 0.3 is 6.18 Å². The number of anilines is 1. The summed E-state index contributed by atoms with van der Waals surface area (Å²) < 4.78 is 40.8. The molecule has 3 aromatic rings. The number of nitrogens with one attached hydrogen (secondary N) is 2. The van der Waals surface area contributed by atoms with E-state index in [9.17, 15) is 18.0 Å². The smallest absolute Gasteiger partial charge is 0.325 e. The Bertz CT molecular complexity index is 1050. The van der Waals surface area contributed by atoms with Crippen LogP contribution in [0.4, 0.5) is 18.9 Å². The molecule has 0 spiro atoms. The number of benzene rings is 2. The van der Waals surface area contributed by atoms with Gasteiger partial charge in [0, 0.05) is 12.1 Å². The van der Waals surface area contributed by atoms with Crippen molar-refractivity contribution in [3.8, 4) is 0 Å². The van der Waals surface area contributed by atoms with Crippen LogP contribution in [0.15, 0.2) is 59.8 Å². The molecule has 2 N–H and O–H groups in total. The molecule has 0 radical (unpaired) electrons. The molecule has 0 aliphatic carbocycles. The van der Waals surface area contributed by atoms with Gasteiger partial charge in [0.2, 0.25) is 11.1 Å². The second-order valence-corrected chi connectivity index (χ2v) is 7.82. The van der Waals surface area contributed by atoms with Gasteiger partial charge in [-0.25, -0.2) is 4.68 Å². The van der Waals surface area contributed by atoms with Crippen LogP contribution in [0.3, 0.4) is 0 Å². The fourth-order valence-electron chi connectivity index (χ4n) is 3.22. The summed E-state index contributed by atoms with van der Waals surface area (Å²) in [5.41, 5.74) is 3.43. The lowest BCUT2D eigenvalue weighted by molar-refractivity contribution is -0.137. The lowest BCUT2D eigenvalue weighted by Crippen LogP contribution is -2.41. The summed E-state index contributed by atoms with van der Waals surface area (Å²) in [6.07, 6.45) is -3.83. The van der Waals surface area contributed by atoms with Crippen LogP contribution in [-0.4, -0.2) is 26.0 Å². The highest BCUT2D eigenvalue weighted by Crippen LogP contribution is 2.38. The molecule has 1 aliphatic rings. The van der Waals surface area contributed by atoms with Crippen molar-refractivity contribution in [2.75, 3.05) is 10.7 Å². The molecule has 2 atom stereocenters. The number of hydrogen-bond donors (Lipinski definition) is 2. The fraction of sp³-hybridized carbons (Fsp3) is 0.250. The number of carbonyl (C=O) groups is 1. The Labute approximate surface area is 174 Å². The topological polar surface area (TPSA) is 71.8 Å². The zero-order chi connectivity index (χ0) is 21.3. The summed E-state index contributed by atoms with van der Waals surface area (Å²) in [7, 11) is 0. The quantitative estimate of drug-likeness (QED) is 0.644. The summed E-state index contributed by atoms with van der Waals surface area (Å²) in [5, 5.41) is 10.7. The first-order valence-corrected chi connectivity index (χ1v) is 10.2. The molecule has 0 bridgehead atoms. The third-order valence-corrected chi connectivity index (χ3v) is 5.91. The van der Waals surface area contributed by atoms with E-state index in [2.05, 4.69) is 20.9 Å². The maximum Gasteiger partial charge on any atom is 0.416 e. The Morgan fingerprint density at radius 1 is 1.17 bits per heavy atom. The molecule has 2 aromatic carbocycles.